The SMILES string of the molecule is COc1ccccc1CC(C)(C)C(=O)NC1C2CCCC1CC(N)C2. The zero-order valence-corrected chi connectivity index (χ0v) is 15.8. The Kier molecular flexibility index (Phi) is 5.38. The van der Waals surface area contributed by atoms with Crippen molar-refractivity contribution in [3.8, 4) is 5.75 Å². The molecule has 0 radical (unpaired) electrons. The van der Waals surface area contributed by atoms with E-state index in [9.17, 15) is 4.79 Å². The number of carbonyl (C=O) groups excluding carboxylic acids is 1. The van der Waals surface area contributed by atoms with E-state index in [1.165, 1.54) is 19.3 Å². The van der Waals surface area contributed by atoms with Gasteiger partial charge in [-0.15, -0.1) is 0 Å². The minimum atomic E-state index is -0.470. The van der Waals surface area contributed by atoms with E-state index >= 15 is 0 Å². The summed E-state index contributed by atoms with van der Waals surface area (Å²) >= 11 is 0. The number of rotatable bonds is 5. The number of amides is 1. The van der Waals surface area contributed by atoms with Gasteiger partial charge in [-0.3, -0.25) is 4.79 Å². The number of para-hydroxylation sites is 1. The third-order valence-electron chi connectivity index (χ3n) is 6.11. The lowest BCUT2D eigenvalue weighted by Gasteiger charge is -2.46. The van der Waals surface area contributed by atoms with Gasteiger partial charge in [-0.25, -0.2) is 0 Å². The van der Waals surface area contributed by atoms with Crippen LogP contribution in [0.5, 0.6) is 5.75 Å². The molecule has 2 unspecified atom stereocenters. The number of methoxy groups -OCH3 is 1. The van der Waals surface area contributed by atoms with Gasteiger partial charge in [-0.1, -0.05) is 38.5 Å². The molecule has 2 saturated carbocycles. The average molecular weight is 344 g/mol. The maximum atomic E-state index is 13.1. The molecule has 0 spiro atoms. The molecule has 0 aromatic heterocycles. The molecule has 1 aromatic carbocycles. The van der Waals surface area contributed by atoms with Crippen molar-refractivity contribution in [2.75, 3.05) is 7.11 Å². The molecule has 1 amide bonds. The van der Waals surface area contributed by atoms with Crippen LogP contribution >= 0.6 is 0 Å². The van der Waals surface area contributed by atoms with Crippen LogP contribution in [0.25, 0.3) is 0 Å². The Morgan fingerprint density at radius 1 is 1.24 bits per heavy atom. The first-order valence-electron chi connectivity index (χ1n) is 9.59. The molecule has 3 rings (SSSR count). The lowest BCUT2D eigenvalue weighted by Crippen LogP contribution is -2.56. The van der Waals surface area contributed by atoms with E-state index in [2.05, 4.69) is 5.32 Å². The summed E-state index contributed by atoms with van der Waals surface area (Å²) in [5.74, 6) is 2.10. The Morgan fingerprint density at radius 2 is 1.88 bits per heavy atom. The molecule has 25 heavy (non-hydrogen) atoms. The highest BCUT2D eigenvalue weighted by molar-refractivity contribution is 5.82. The van der Waals surface area contributed by atoms with Crippen LogP contribution in [-0.4, -0.2) is 25.1 Å². The third kappa shape index (κ3) is 4.00. The topological polar surface area (TPSA) is 64.3 Å². The van der Waals surface area contributed by atoms with Crippen LogP contribution in [0.4, 0.5) is 0 Å². The van der Waals surface area contributed by atoms with Crippen molar-refractivity contribution < 1.29 is 9.53 Å². The van der Waals surface area contributed by atoms with Crippen molar-refractivity contribution in [1.29, 1.82) is 0 Å². The minimum absolute atomic E-state index is 0.149. The second-order valence-corrected chi connectivity index (χ2v) is 8.55. The van der Waals surface area contributed by atoms with Crippen LogP contribution in [-0.2, 0) is 11.2 Å². The number of benzene rings is 1. The van der Waals surface area contributed by atoms with E-state index in [1.54, 1.807) is 7.11 Å². The first-order valence-corrected chi connectivity index (χ1v) is 9.59. The molecule has 4 nitrogen and oxygen atoms in total. The van der Waals surface area contributed by atoms with E-state index in [0.717, 1.165) is 24.2 Å². The second kappa shape index (κ2) is 7.36. The molecule has 2 fully saturated rings. The zero-order valence-electron chi connectivity index (χ0n) is 15.8. The fourth-order valence-corrected chi connectivity index (χ4v) is 4.78. The average Bonchev–Trinajstić information content (AvgIpc) is 2.55. The fourth-order valence-electron chi connectivity index (χ4n) is 4.78. The summed E-state index contributed by atoms with van der Waals surface area (Å²) in [6.45, 7) is 4.05. The second-order valence-electron chi connectivity index (χ2n) is 8.55. The van der Waals surface area contributed by atoms with Crippen LogP contribution < -0.4 is 15.8 Å². The molecule has 0 saturated heterocycles. The van der Waals surface area contributed by atoms with Crippen LogP contribution in [0.15, 0.2) is 24.3 Å². The first kappa shape index (κ1) is 18.2. The van der Waals surface area contributed by atoms with Gasteiger partial charge in [-0.05, 0) is 55.6 Å². The number of carbonyl (C=O) groups is 1. The summed E-state index contributed by atoms with van der Waals surface area (Å²) in [6.07, 6.45) is 6.44. The van der Waals surface area contributed by atoms with Crippen molar-refractivity contribution >= 4 is 5.91 Å². The van der Waals surface area contributed by atoms with Gasteiger partial charge in [0, 0.05) is 17.5 Å². The highest BCUT2D eigenvalue weighted by Crippen LogP contribution is 2.40. The zero-order chi connectivity index (χ0) is 18.0. The largest absolute Gasteiger partial charge is 0.496 e. The summed E-state index contributed by atoms with van der Waals surface area (Å²) in [6, 6.07) is 8.57. The Morgan fingerprint density at radius 3 is 2.52 bits per heavy atom. The molecule has 2 aliphatic carbocycles. The highest BCUT2D eigenvalue weighted by atomic mass is 16.5. The molecule has 4 heteroatoms. The van der Waals surface area contributed by atoms with Gasteiger partial charge < -0.3 is 15.8 Å². The van der Waals surface area contributed by atoms with Crippen molar-refractivity contribution in [1.82, 2.24) is 5.32 Å². The lowest BCUT2D eigenvalue weighted by molar-refractivity contribution is -0.131. The maximum absolute atomic E-state index is 13.1. The smallest absolute Gasteiger partial charge is 0.226 e. The molecule has 138 valence electrons. The van der Waals surface area contributed by atoms with Gasteiger partial charge >= 0.3 is 0 Å². The summed E-state index contributed by atoms with van der Waals surface area (Å²) in [7, 11) is 1.68. The Balaban J connectivity index is 1.69. The Bertz CT molecular complexity index is 600. The van der Waals surface area contributed by atoms with E-state index in [-0.39, 0.29) is 5.91 Å². The molecule has 1 aromatic rings. The summed E-state index contributed by atoms with van der Waals surface area (Å²) in [4.78, 5) is 13.1. The summed E-state index contributed by atoms with van der Waals surface area (Å²) < 4.78 is 5.45. The van der Waals surface area contributed by atoms with Gasteiger partial charge in [-0.2, -0.15) is 0 Å². The van der Waals surface area contributed by atoms with Gasteiger partial charge in [0.1, 0.15) is 5.75 Å². The summed E-state index contributed by atoms with van der Waals surface area (Å²) in [5.41, 5.74) is 6.82. The van der Waals surface area contributed by atoms with Crippen molar-refractivity contribution in [2.45, 2.75) is 64.5 Å². The lowest BCUT2D eigenvalue weighted by atomic mass is 9.66. The van der Waals surface area contributed by atoms with E-state index in [1.807, 2.05) is 38.1 Å². The van der Waals surface area contributed by atoms with Gasteiger partial charge in [0.15, 0.2) is 0 Å². The van der Waals surface area contributed by atoms with Crippen LogP contribution in [0.1, 0.15) is 51.5 Å². The number of nitrogens with two attached hydrogens (primary N) is 1. The van der Waals surface area contributed by atoms with Gasteiger partial charge in [0.25, 0.3) is 0 Å². The van der Waals surface area contributed by atoms with Crippen molar-refractivity contribution in [3.63, 3.8) is 0 Å². The fraction of sp³-hybridized carbons (Fsp3) is 0.667. The number of nitrogens with one attached hydrogen (secondary N) is 1. The van der Waals surface area contributed by atoms with Crippen molar-refractivity contribution in [2.24, 2.45) is 23.0 Å². The number of hydrogen-bond donors (Lipinski definition) is 2. The van der Waals surface area contributed by atoms with Crippen LogP contribution in [0.2, 0.25) is 0 Å². The number of hydrogen-bond acceptors (Lipinski definition) is 3. The normalized spacial score (nSPS) is 29.1. The molecule has 0 aliphatic heterocycles. The standard InChI is InChI=1S/C21H32N2O2/c1-21(2,13-16-7-4-5-10-18(16)25-3)20(24)23-19-14-8-6-9-15(19)12-17(22)11-14/h4-5,7,10,14-15,17,19H,6,8-9,11-13,22H2,1-3H3,(H,23,24). The minimum Gasteiger partial charge on any atom is -0.496 e. The van der Waals surface area contributed by atoms with E-state index in [4.69, 9.17) is 10.5 Å². The molecule has 3 N–H and O–H groups in total. The van der Waals surface area contributed by atoms with E-state index in [0.29, 0.717) is 30.3 Å². The molecule has 0 heterocycles. The highest BCUT2D eigenvalue weighted by Gasteiger charge is 2.41. The number of ether oxygens (including phenoxy) is 1. The third-order valence-corrected chi connectivity index (χ3v) is 6.11. The monoisotopic (exact) mass is 344 g/mol. The summed E-state index contributed by atoms with van der Waals surface area (Å²) in [5, 5.41) is 3.40. The predicted molar refractivity (Wildman–Crippen MR) is 100 cm³/mol. The molecular weight excluding hydrogens is 312 g/mol. The molecular formula is C21H32N2O2. The first-order chi connectivity index (χ1) is 11.9. The Labute approximate surface area is 151 Å². The maximum Gasteiger partial charge on any atom is 0.226 e. The molecule has 2 atom stereocenters. The van der Waals surface area contributed by atoms with Crippen LogP contribution in [0, 0.1) is 17.3 Å². The van der Waals surface area contributed by atoms with E-state index < -0.39 is 5.41 Å². The van der Waals surface area contributed by atoms with Gasteiger partial charge in [0.2, 0.25) is 5.91 Å². The number of fused-ring (bicyclic) bond motifs is 2. The predicted octanol–water partition coefficient (Wildman–Crippen LogP) is 3.29. The van der Waals surface area contributed by atoms with Crippen molar-refractivity contribution in [3.05, 3.63) is 29.8 Å². The van der Waals surface area contributed by atoms with Gasteiger partial charge in [0.05, 0.1) is 7.11 Å². The Hall–Kier alpha value is -1.55. The molecule has 2 aliphatic rings. The quantitative estimate of drug-likeness (QED) is 0.861. The van der Waals surface area contributed by atoms with Crippen LogP contribution in [0.3, 0.4) is 0 Å². The molecule has 2 bridgehead atoms.